The second-order valence-electron chi connectivity index (χ2n) is 9.28. The molecule has 2 amide bonds. The number of hydrogen-bond donors (Lipinski definition) is 1. The first kappa shape index (κ1) is 31.7. The highest BCUT2D eigenvalue weighted by Gasteiger charge is 2.30. The topological polar surface area (TPSA) is 86.8 Å². The van der Waals surface area contributed by atoms with Gasteiger partial charge in [-0.2, -0.15) is 0 Å². The molecule has 0 aromatic heterocycles. The Balaban J connectivity index is 1.87. The Morgan fingerprint density at radius 1 is 0.900 bits per heavy atom. The highest BCUT2D eigenvalue weighted by molar-refractivity contribution is 7.92. The third kappa shape index (κ3) is 9.13. The number of hydrogen-bond acceptors (Lipinski definition) is 4. The summed E-state index contributed by atoms with van der Waals surface area (Å²) in [7, 11) is -3.72. The molecule has 0 aliphatic carbocycles. The molecule has 3 rings (SSSR count). The molecule has 40 heavy (non-hydrogen) atoms. The maximum Gasteiger partial charge on any atom is 0.243 e. The molecular weight excluding hydrogens is 593 g/mol. The Hall–Kier alpha value is -2.78. The molecule has 1 unspecified atom stereocenters. The monoisotopic (exact) mass is 623 g/mol. The molecule has 0 aliphatic heterocycles. The number of sulfonamides is 1. The molecule has 1 N–H and O–H groups in total. The van der Waals surface area contributed by atoms with Gasteiger partial charge in [-0.25, -0.2) is 8.42 Å². The van der Waals surface area contributed by atoms with E-state index < -0.39 is 16.1 Å². The number of benzene rings is 3. The summed E-state index contributed by atoms with van der Waals surface area (Å²) in [6.07, 6.45) is 1.59. The molecular formula is C29H32Cl3N3O4S. The number of halogens is 3. The number of rotatable bonds is 13. The van der Waals surface area contributed by atoms with Crippen LogP contribution < -0.4 is 9.62 Å². The van der Waals surface area contributed by atoms with Gasteiger partial charge in [0.1, 0.15) is 6.04 Å². The van der Waals surface area contributed by atoms with Crippen LogP contribution in [0.25, 0.3) is 0 Å². The lowest BCUT2D eigenvalue weighted by atomic mass is 10.0. The number of anilines is 1. The molecule has 1 atom stereocenters. The lowest BCUT2D eigenvalue weighted by Gasteiger charge is -2.32. The Morgan fingerprint density at radius 2 is 1.55 bits per heavy atom. The minimum Gasteiger partial charge on any atom is -0.355 e. The zero-order chi connectivity index (χ0) is 29.3. The lowest BCUT2D eigenvalue weighted by Crippen LogP contribution is -2.50. The van der Waals surface area contributed by atoms with Gasteiger partial charge >= 0.3 is 0 Å². The van der Waals surface area contributed by atoms with Gasteiger partial charge in [-0.3, -0.25) is 13.9 Å². The Labute approximate surface area is 251 Å². The number of likely N-dealkylation sites (N-methyl/N-ethyl adjacent to an activating group) is 1. The van der Waals surface area contributed by atoms with Gasteiger partial charge in [0, 0.05) is 42.5 Å². The van der Waals surface area contributed by atoms with Gasteiger partial charge in [0.15, 0.2) is 0 Å². The van der Waals surface area contributed by atoms with Crippen molar-refractivity contribution in [1.82, 2.24) is 10.2 Å². The normalized spacial score (nSPS) is 12.0. The van der Waals surface area contributed by atoms with Gasteiger partial charge in [-0.05, 0) is 54.8 Å². The average molecular weight is 625 g/mol. The molecule has 0 heterocycles. The molecule has 0 fully saturated rings. The summed E-state index contributed by atoms with van der Waals surface area (Å²) in [4.78, 5) is 28.6. The maximum absolute atomic E-state index is 13.7. The first-order chi connectivity index (χ1) is 19.0. The summed E-state index contributed by atoms with van der Waals surface area (Å²) >= 11 is 18.4. The van der Waals surface area contributed by atoms with Gasteiger partial charge in [0.25, 0.3) is 0 Å². The molecule has 0 saturated heterocycles. The van der Waals surface area contributed by atoms with E-state index in [4.69, 9.17) is 34.8 Å². The van der Waals surface area contributed by atoms with Crippen LogP contribution >= 0.6 is 34.8 Å². The van der Waals surface area contributed by atoms with Crippen molar-refractivity contribution < 1.29 is 18.0 Å². The minimum absolute atomic E-state index is 0.00247. The number of nitrogens with one attached hydrogen (secondary N) is 1. The summed E-state index contributed by atoms with van der Waals surface area (Å²) in [5.41, 5.74) is 1.96. The van der Waals surface area contributed by atoms with E-state index in [1.54, 1.807) is 23.1 Å². The summed E-state index contributed by atoms with van der Waals surface area (Å²) in [5.74, 6) is -0.551. The van der Waals surface area contributed by atoms with Crippen molar-refractivity contribution in [2.75, 3.05) is 23.7 Å². The Bertz CT molecular complexity index is 1400. The van der Waals surface area contributed by atoms with E-state index in [0.717, 1.165) is 21.7 Å². The maximum atomic E-state index is 13.7. The molecule has 3 aromatic rings. The standard InChI is InChI=1S/C29H32Cl3N3O4S/c1-3-33-29(37)27(18-21-8-5-4-6-9-21)34(20-22-11-13-23(30)14-12-22)28(36)10-7-17-35(40(2,38)39)26-19-24(31)15-16-25(26)32/h4-6,8-9,11-16,19,27H,3,7,10,17-18,20H2,1-2H3,(H,33,37). The highest BCUT2D eigenvalue weighted by atomic mass is 35.5. The van der Waals surface area contributed by atoms with E-state index >= 15 is 0 Å². The van der Waals surface area contributed by atoms with E-state index in [0.29, 0.717) is 23.0 Å². The van der Waals surface area contributed by atoms with Gasteiger partial charge < -0.3 is 10.2 Å². The molecule has 0 saturated carbocycles. The van der Waals surface area contributed by atoms with Gasteiger partial charge in [-0.15, -0.1) is 0 Å². The zero-order valence-corrected chi connectivity index (χ0v) is 25.4. The molecule has 0 bridgehead atoms. The van der Waals surface area contributed by atoms with Crippen molar-refractivity contribution in [3.05, 3.63) is 99.0 Å². The second kappa shape index (κ2) is 14.7. The van der Waals surface area contributed by atoms with Gasteiger partial charge in [0.05, 0.1) is 17.0 Å². The van der Waals surface area contributed by atoms with E-state index in [9.17, 15) is 18.0 Å². The van der Waals surface area contributed by atoms with Crippen molar-refractivity contribution >= 4 is 62.3 Å². The Kier molecular flexibility index (Phi) is 11.7. The molecule has 11 heteroatoms. The van der Waals surface area contributed by atoms with Crippen molar-refractivity contribution in [3.63, 3.8) is 0 Å². The quantitative estimate of drug-likeness (QED) is 0.254. The van der Waals surface area contributed by atoms with Gasteiger partial charge in [0.2, 0.25) is 21.8 Å². The summed E-state index contributed by atoms with van der Waals surface area (Å²) in [5, 5.41) is 3.98. The molecule has 0 aliphatic rings. The summed E-state index contributed by atoms with van der Waals surface area (Å²) in [6.45, 7) is 2.42. The predicted octanol–water partition coefficient (Wildman–Crippen LogP) is 5.97. The fourth-order valence-corrected chi connectivity index (χ4v) is 5.82. The first-order valence-corrected chi connectivity index (χ1v) is 15.8. The second-order valence-corrected chi connectivity index (χ2v) is 12.5. The molecule has 214 valence electrons. The van der Waals surface area contributed by atoms with Crippen LogP contribution in [0.1, 0.15) is 30.9 Å². The van der Waals surface area contributed by atoms with Crippen molar-refractivity contribution in [1.29, 1.82) is 0 Å². The minimum atomic E-state index is -3.72. The van der Waals surface area contributed by atoms with E-state index in [1.165, 1.54) is 12.1 Å². The van der Waals surface area contributed by atoms with Crippen LogP contribution in [0.15, 0.2) is 72.8 Å². The van der Waals surface area contributed by atoms with Gasteiger partial charge in [-0.1, -0.05) is 77.3 Å². The lowest BCUT2D eigenvalue weighted by molar-refractivity contribution is -0.141. The third-order valence-corrected chi connectivity index (χ3v) is 8.20. The molecule has 7 nitrogen and oxygen atoms in total. The first-order valence-electron chi connectivity index (χ1n) is 12.8. The number of carbonyl (C=O) groups is 2. The van der Waals surface area contributed by atoms with Crippen LogP contribution in [0.5, 0.6) is 0 Å². The zero-order valence-electron chi connectivity index (χ0n) is 22.3. The van der Waals surface area contributed by atoms with Crippen molar-refractivity contribution in [2.45, 2.75) is 38.8 Å². The smallest absolute Gasteiger partial charge is 0.243 e. The fraction of sp³-hybridized carbons (Fsp3) is 0.310. The van der Waals surface area contributed by atoms with E-state index in [2.05, 4.69) is 5.32 Å². The van der Waals surface area contributed by atoms with Crippen molar-refractivity contribution in [2.24, 2.45) is 0 Å². The van der Waals surface area contributed by atoms with Crippen LogP contribution in [0.3, 0.4) is 0 Å². The van der Waals surface area contributed by atoms with Crippen LogP contribution in [-0.4, -0.2) is 50.5 Å². The third-order valence-electron chi connectivity index (χ3n) is 6.22. The molecule has 3 aromatic carbocycles. The fourth-order valence-electron chi connectivity index (χ4n) is 4.29. The molecule has 0 spiro atoms. The van der Waals surface area contributed by atoms with Crippen LogP contribution in [0.2, 0.25) is 15.1 Å². The van der Waals surface area contributed by atoms with Crippen LogP contribution in [-0.2, 0) is 32.6 Å². The van der Waals surface area contributed by atoms with E-state index in [1.807, 2.05) is 49.4 Å². The number of nitrogens with zero attached hydrogens (tertiary/aromatic N) is 2. The summed E-state index contributed by atoms with van der Waals surface area (Å²) in [6, 6.07) is 20.4. The molecule has 0 radical (unpaired) electrons. The summed E-state index contributed by atoms with van der Waals surface area (Å²) < 4.78 is 26.4. The highest BCUT2D eigenvalue weighted by Crippen LogP contribution is 2.31. The number of amides is 2. The van der Waals surface area contributed by atoms with Crippen LogP contribution in [0.4, 0.5) is 5.69 Å². The predicted molar refractivity (Wildman–Crippen MR) is 163 cm³/mol. The SMILES string of the molecule is CCNC(=O)C(Cc1ccccc1)N(Cc1ccc(Cl)cc1)C(=O)CCCN(c1cc(Cl)ccc1Cl)S(C)(=O)=O. The number of carbonyl (C=O) groups excluding carboxylic acids is 2. The van der Waals surface area contributed by atoms with E-state index in [-0.39, 0.29) is 48.5 Å². The average Bonchev–Trinajstić information content (AvgIpc) is 2.91. The van der Waals surface area contributed by atoms with Crippen LogP contribution in [0, 0.1) is 0 Å². The Morgan fingerprint density at radius 3 is 2.17 bits per heavy atom. The van der Waals surface area contributed by atoms with Crippen molar-refractivity contribution in [3.8, 4) is 0 Å². The largest absolute Gasteiger partial charge is 0.355 e.